The number of morpholine rings is 1. The summed E-state index contributed by atoms with van der Waals surface area (Å²) in [6, 6.07) is 9.03. The third kappa shape index (κ3) is 6.01. The quantitative estimate of drug-likeness (QED) is 0.571. The van der Waals surface area contributed by atoms with Crippen LogP contribution in [0, 0.1) is 6.92 Å². The van der Waals surface area contributed by atoms with E-state index < -0.39 is 28.5 Å². The molecule has 0 bridgehead atoms. The number of carbonyl (C=O) groups excluding carboxylic acids is 2. The molecule has 1 aliphatic rings. The molecular weight excluding hydrogens is 452 g/mol. The molecule has 1 heterocycles. The minimum atomic E-state index is -3.72. The van der Waals surface area contributed by atoms with Crippen molar-refractivity contribution in [2.75, 3.05) is 52.4 Å². The molecule has 1 amide bonds. The Hall–Kier alpha value is -3.15. The highest BCUT2D eigenvalue weighted by Crippen LogP contribution is 2.25. The fourth-order valence-corrected chi connectivity index (χ4v) is 4.59. The maximum atomic E-state index is 12.9. The number of carbonyl (C=O) groups is 2. The van der Waals surface area contributed by atoms with Crippen LogP contribution in [0.25, 0.3) is 0 Å². The topological polar surface area (TPSA) is 120 Å². The van der Waals surface area contributed by atoms with E-state index in [4.69, 9.17) is 18.9 Å². The Morgan fingerprint density at radius 3 is 2.27 bits per heavy atom. The SMILES string of the molecule is COc1cc(OC)cc(C(=O)OCC(=O)Nc2cc(S(=O)(=O)N3CCOCC3)ccc2C)c1. The van der Waals surface area contributed by atoms with Gasteiger partial charge >= 0.3 is 5.97 Å². The monoisotopic (exact) mass is 478 g/mol. The van der Waals surface area contributed by atoms with Crippen LogP contribution in [0.4, 0.5) is 5.69 Å². The summed E-state index contributed by atoms with van der Waals surface area (Å²) < 4.78 is 47.7. The number of benzene rings is 2. The third-order valence-electron chi connectivity index (χ3n) is 5.01. The van der Waals surface area contributed by atoms with Gasteiger partial charge in [-0.15, -0.1) is 0 Å². The van der Waals surface area contributed by atoms with Gasteiger partial charge in [0.15, 0.2) is 6.61 Å². The number of nitrogens with zero attached hydrogens (tertiary/aromatic N) is 1. The lowest BCUT2D eigenvalue weighted by Gasteiger charge is -2.26. The summed E-state index contributed by atoms with van der Waals surface area (Å²) in [6.45, 7) is 2.37. The van der Waals surface area contributed by atoms with Crippen LogP contribution in [0.3, 0.4) is 0 Å². The van der Waals surface area contributed by atoms with Gasteiger partial charge in [-0.2, -0.15) is 4.31 Å². The Balaban J connectivity index is 1.67. The minimum absolute atomic E-state index is 0.0609. The summed E-state index contributed by atoms with van der Waals surface area (Å²) in [5.41, 5.74) is 1.13. The molecule has 0 radical (unpaired) electrons. The first-order valence-corrected chi connectivity index (χ1v) is 11.6. The number of nitrogens with one attached hydrogen (secondary N) is 1. The van der Waals surface area contributed by atoms with Crippen LogP contribution in [0.5, 0.6) is 11.5 Å². The second kappa shape index (κ2) is 10.6. The highest BCUT2D eigenvalue weighted by molar-refractivity contribution is 7.89. The van der Waals surface area contributed by atoms with Crippen molar-refractivity contribution in [1.82, 2.24) is 4.31 Å². The van der Waals surface area contributed by atoms with Gasteiger partial charge in [0.2, 0.25) is 10.0 Å². The van der Waals surface area contributed by atoms with Gasteiger partial charge in [0.25, 0.3) is 5.91 Å². The van der Waals surface area contributed by atoms with E-state index in [1.165, 1.54) is 42.8 Å². The molecule has 33 heavy (non-hydrogen) atoms. The van der Waals surface area contributed by atoms with E-state index in [1.54, 1.807) is 19.1 Å². The summed E-state index contributed by atoms with van der Waals surface area (Å²) in [5, 5.41) is 2.60. The Bertz CT molecular complexity index is 1100. The predicted molar refractivity (Wildman–Crippen MR) is 119 cm³/mol. The molecule has 11 heteroatoms. The standard InChI is InChI=1S/C22H26N2O8S/c1-15-4-5-19(33(27,28)24-6-8-31-9-7-24)13-20(15)23-21(25)14-32-22(26)16-10-17(29-2)12-18(11-16)30-3/h4-5,10-13H,6-9,14H2,1-3H3,(H,23,25). The van der Waals surface area contributed by atoms with Gasteiger partial charge in [-0.25, -0.2) is 13.2 Å². The molecule has 0 unspecified atom stereocenters. The van der Waals surface area contributed by atoms with Crippen molar-refractivity contribution >= 4 is 27.6 Å². The van der Waals surface area contributed by atoms with E-state index in [-0.39, 0.29) is 23.5 Å². The van der Waals surface area contributed by atoms with Gasteiger partial charge in [0.1, 0.15) is 11.5 Å². The molecule has 1 N–H and O–H groups in total. The molecule has 0 spiro atoms. The Morgan fingerprint density at radius 2 is 1.67 bits per heavy atom. The predicted octanol–water partition coefficient (Wildman–Crippen LogP) is 1.83. The van der Waals surface area contributed by atoms with Crippen molar-refractivity contribution in [3.05, 3.63) is 47.5 Å². The maximum Gasteiger partial charge on any atom is 0.338 e. The average Bonchev–Trinajstić information content (AvgIpc) is 2.83. The summed E-state index contributed by atoms with van der Waals surface area (Å²) in [5.74, 6) is -0.538. The lowest BCUT2D eigenvalue weighted by Crippen LogP contribution is -2.40. The molecule has 1 saturated heterocycles. The largest absolute Gasteiger partial charge is 0.497 e. The smallest absolute Gasteiger partial charge is 0.338 e. The van der Waals surface area contributed by atoms with E-state index in [0.29, 0.717) is 36.0 Å². The first kappa shape index (κ1) is 24.5. The van der Waals surface area contributed by atoms with Crippen LogP contribution in [-0.4, -0.2) is 71.7 Å². The average molecular weight is 479 g/mol. The van der Waals surface area contributed by atoms with Gasteiger partial charge in [-0.3, -0.25) is 4.79 Å². The highest BCUT2D eigenvalue weighted by Gasteiger charge is 2.27. The van der Waals surface area contributed by atoms with Crippen LogP contribution in [0.2, 0.25) is 0 Å². The molecule has 0 aliphatic carbocycles. The number of hydrogen-bond donors (Lipinski definition) is 1. The first-order chi connectivity index (χ1) is 15.7. The zero-order chi connectivity index (χ0) is 24.0. The number of rotatable bonds is 8. The van der Waals surface area contributed by atoms with E-state index >= 15 is 0 Å². The van der Waals surface area contributed by atoms with Gasteiger partial charge in [0, 0.05) is 24.8 Å². The summed E-state index contributed by atoms with van der Waals surface area (Å²) in [4.78, 5) is 24.8. The number of esters is 1. The lowest BCUT2D eigenvalue weighted by atomic mass is 10.2. The number of ether oxygens (including phenoxy) is 4. The lowest BCUT2D eigenvalue weighted by molar-refractivity contribution is -0.119. The molecule has 2 aromatic rings. The Morgan fingerprint density at radius 1 is 1.03 bits per heavy atom. The van der Waals surface area contributed by atoms with Gasteiger partial charge in [-0.1, -0.05) is 6.07 Å². The van der Waals surface area contributed by atoms with Crippen molar-refractivity contribution < 1.29 is 37.0 Å². The van der Waals surface area contributed by atoms with Crippen molar-refractivity contribution in [3.8, 4) is 11.5 Å². The minimum Gasteiger partial charge on any atom is -0.497 e. The summed E-state index contributed by atoms with van der Waals surface area (Å²) in [7, 11) is -0.816. The highest BCUT2D eigenvalue weighted by atomic mass is 32.2. The van der Waals surface area contributed by atoms with Crippen LogP contribution in [0.15, 0.2) is 41.3 Å². The second-order valence-electron chi connectivity index (χ2n) is 7.22. The number of hydrogen-bond acceptors (Lipinski definition) is 8. The van der Waals surface area contributed by atoms with Crippen molar-refractivity contribution in [2.45, 2.75) is 11.8 Å². The third-order valence-corrected chi connectivity index (χ3v) is 6.91. The number of amides is 1. The van der Waals surface area contributed by atoms with Crippen LogP contribution in [-0.2, 0) is 24.3 Å². The fourth-order valence-electron chi connectivity index (χ4n) is 3.16. The molecule has 1 fully saturated rings. The molecule has 0 atom stereocenters. The number of aryl methyl sites for hydroxylation is 1. The summed E-state index contributed by atoms with van der Waals surface area (Å²) in [6.07, 6.45) is 0. The number of methoxy groups -OCH3 is 2. The molecule has 3 rings (SSSR count). The Labute approximate surface area is 192 Å². The zero-order valence-corrected chi connectivity index (χ0v) is 19.4. The van der Waals surface area contributed by atoms with Gasteiger partial charge in [-0.05, 0) is 36.8 Å². The van der Waals surface area contributed by atoms with E-state index in [0.717, 1.165) is 0 Å². The van der Waals surface area contributed by atoms with Crippen LogP contribution in [0.1, 0.15) is 15.9 Å². The van der Waals surface area contributed by atoms with E-state index in [9.17, 15) is 18.0 Å². The van der Waals surface area contributed by atoms with E-state index in [2.05, 4.69) is 5.32 Å². The van der Waals surface area contributed by atoms with Crippen molar-refractivity contribution in [3.63, 3.8) is 0 Å². The van der Waals surface area contributed by atoms with Crippen molar-refractivity contribution in [1.29, 1.82) is 0 Å². The fraction of sp³-hybridized carbons (Fsp3) is 0.364. The molecular formula is C22H26N2O8S. The zero-order valence-electron chi connectivity index (χ0n) is 18.6. The number of sulfonamides is 1. The molecule has 0 saturated carbocycles. The second-order valence-corrected chi connectivity index (χ2v) is 9.16. The molecule has 0 aromatic heterocycles. The maximum absolute atomic E-state index is 12.9. The number of anilines is 1. The normalized spacial score (nSPS) is 14.4. The van der Waals surface area contributed by atoms with Gasteiger partial charge < -0.3 is 24.3 Å². The van der Waals surface area contributed by atoms with Crippen molar-refractivity contribution in [2.24, 2.45) is 0 Å². The molecule has 10 nitrogen and oxygen atoms in total. The first-order valence-electron chi connectivity index (χ1n) is 10.1. The molecule has 178 valence electrons. The van der Waals surface area contributed by atoms with E-state index in [1.807, 2.05) is 0 Å². The van der Waals surface area contributed by atoms with Crippen LogP contribution >= 0.6 is 0 Å². The molecule has 2 aromatic carbocycles. The van der Waals surface area contributed by atoms with Gasteiger partial charge in [0.05, 0.1) is 37.9 Å². The van der Waals surface area contributed by atoms with Crippen LogP contribution < -0.4 is 14.8 Å². The summed E-state index contributed by atoms with van der Waals surface area (Å²) >= 11 is 0. The molecule has 1 aliphatic heterocycles. The Kier molecular flexibility index (Phi) is 7.90.